The van der Waals surface area contributed by atoms with Crippen molar-refractivity contribution >= 4 is 39.4 Å². The Kier molecular flexibility index (Phi) is 8.03. The van der Waals surface area contributed by atoms with E-state index in [1.54, 1.807) is 24.3 Å². The molecule has 3 heterocycles. The smallest absolute Gasteiger partial charge is 0.248 e. The van der Waals surface area contributed by atoms with Crippen molar-refractivity contribution in [3.05, 3.63) is 33.8 Å². The van der Waals surface area contributed by atoms with Gasteiger partial charge in [-0.15, -0.1) is 11.3 Å². The second-order valence-electron chi connectivity index (χ2n) is 9.06. The van der Waals surface area contributed by atoms with E-state index < -0.39 is 10.0 Å². The number of piperidine rings is 1. The summed E-state index contributed by atoms with van der Waals surface area (Å²) in [5.41, 5.74) is 0.335. The molecule has 1 saturated carbocycles. The van der Waals surface area contributed by atoms with Crippen LogP contribution in [0.4, 0.5) is 0 Å². The largest absolute Gasteiger partial charge is 0.355 e. The minimum atomic E-state index is -3.83. The van der Waals surface area contributed by atoms with Gasteiger partial charge in [0, 0.05) is 24.0 Å². The Balaban J connectivity index is 1.46. The molecule has 1 unspecified atom stereocenters. The summed E-state index contributed by atoms with van der Waals surface area (Å²) in [5, 5.41) is 9.10. The molecule has 4 rings (SSSR count). The van der Waals surface area contributed by atoms with Crippen LogP contribution in [-0.2, 0) is 14.8 Å². The molecule has 1 N–H and O–H groups in total. The van der Waals surface area contributed by atoms with Crippen molar-refractivity contribution in [1.29, 1.82) is 0 Å². The molecule has 1 aliphatic carbocycles. The van der Waals surface area contributed by atoms with E-state index >= 15 is 0 Å². The van der Waals surface area contributed by atoms with Crippen molar-refractivity contribution in [2.24, 2.45) is 5.92 Å². The van der Waals surface area contributed by atoms with E-state index in [4.69, 9.17) is 4.52 Å². The van der Waals surface area contributed by atoms with Crippen LogP contribution in [0.15, 0.2) is 26.9 Å². The molecule has 7 nitrogen and oxygen atoms in total. The van der Waals surface area contributed by atoms with Crippen LogP contribution >= 0.6 is 11.3 Å². The molecule has 0 spiro atoms. The highest BCUT2D eigenvalue weighted by Gasteiger charge is 2.37. The predicted octanol–water partition coefficient (Wildman–Crippen LogP) is 4.84. The molecule has 2 aromatic rings. The molecule has 33 heavy (non-hydrogen) atoms. The number of hydrogen-bond acceptors (Lipinski definition) is 6. The minimum Gasteiger partial charge on any atom is -0.355 e. The fourth-order valence-corrected chi connectivity index (χ4v) is 7.16. The quantitative estimate of drug-likeness (QED) is 0.624. The van der Waals surface area contributed by atoms with Gasteiger partial charge in [0.2, 0.25) is 15.9 Å². The predicted molar refractivity (Wildman–Crippen MR) is 130 cm³/mol. The fourth-order valence-electron chi connectivity index (χ4n) is 4.77. The van der Waals surface area contributed by atoms with Crippen LogP contribution in [0.2, 0.25) is 0 Å². The maximum atomic E-state index is 13.6. The van der Waals surface area contributed by atoms with E-state index in [1.807, 2.05) is 23.6 Å². The van der Waals surface area contributed by atoms with E-state index in [-0.39, 0.29) is 35.1 Å². The van der Waals surface area contributed by atoms with Crippen LogP contribution in [-0.4, -0.2) is 42.9 Å². The first-order valence-corrected chi connectivity index (χ1v) is 14.3. The van der Waals surface area contributed by atoms with Gasteiger partial charge in [-0.3, -0.25) is 4.79 Å². The van der Waals surface area contributed by atoms with Gasteiger partial charge in [0.15, 0.2) is 10.7 Å². The number of aryl methyl sites for hydroxylation is 1. The summed E-state index contributed by atoms with van der Waals surface area (Å²) in [6, 6.07) is 4.09. The molecule has 0 radical (unpaired) electrons. The number of thiophene rings is 1. The molecule has 1 atom stereocenters. The number of rotatable bonds is 6. The van der Waals surface area contributed by atoms with Crippen LogP contribution in [0.25, 0.3) is 12.2 Å². The molecule has 1 aliphatic heterocycles. The third-order valence-corrected chi connectivity index (χ3v) is 9.44. The lowest BCUT2D eigenvalue weighted by Crippen LogP contribution is -2.47. The van der Waals surface area contributed by atoms with Gasteiger partial charge in [-0.1, -0.05) is 43.3 Å². The first-order valence-electron chi connectivity index (χ1n) is 11.9. The summed E-state index contributed by atoms with van der Waals surface area (Å²) in [5.74, 6) is -0.119. The molecule has 2 fully saturated rings. The minimum absolute atomic E-state index is 0.0136. The van der Waals surface area contributed by atoms with Crippen molar-refractivity contribution in [2.45, 2.75) is 75.6 Å². The standard InChI is InChI=1S/C24H33N3O4S2/c1-18-23(22(31-26-18)14-13-21-12-8-16-32-21)33(29,30)27-15-7-9-19(17-27)24(28)25-20-10-5-3-2-4-6-11-20/h8,12-14,16,19-20H,2-7,9-11,15,17H2,1H3,(H,25,28)/b14-13+. The summed E-state index contributed by atoms with van der Waals surface area (Å²) >= 11 is 1.56. The van der Waals surface area contributed by atoms with Crippen LogP contribution in [0.1, 0.15) is 74.1 Å². The number of aromatic nitrogens is 1. The average Bonchev–Trinajstić information content (AvgIpc) is 3.43. The van der Waals surface area contributed by atoms with Crippen molar-refractivity contribution < 1.29 is 17.7 Å². The van der Waals surface area contributed by atoms with Gasteiger partial charge >= 0.3 is 0 Å². The zero-order valence-electron chi connectivity index (χ0n) is 19.2. The van der Waals surface area contributed by atoms with Crippen LogP contribution in [0, 0.1) is 12.8 Å². The number of carbonyl (C=O) groups excluding carboxylic acids is 1. The Hall–Kier alpha value is -1.97. The van der Waals surface area contributed by atoms with Gasteiger partial charge in [-0.25, -0.2) is 8.42 Å². The van der Waals surface area contributed by atoms with Crippen molar-refractivity contribution in [3.63, 3.8) is 0 Å². The number of carbonyl (C=O) groups is 1. The third kappa shape index (κ3) is 5.94. The van der Waals surface area contributed by atoms with E-state index in [1.165, 1.54) is 23.6 Å². The number of nitrogens with zero attached hydrogens (tertiary/aromatic N) is 2. The highest BCUT2D eigenvalue weighted by atomic mass is 32.2. The van der Waals surface area contributed by atoms with Crippen LogP contribution < -0.4 is 5.32 Å². The lowest BCUT2D eigenvalue weighted by atomic mass is 9.94. The van der Waals surface area contributed by atoms with E-state index in [0.29, 0.717) is 25.1 Å². The van der Waals surface area contributed by atoms with Gasteiger partial charge in [0.1, 0.15) is 5.69 Å². The molecule has 2 aliphatic rings. The maximum absolute atomic E-state index is 13.6. The van der Waals surface area contributed by atoms with E-state index in [2.05, 4.69) is 10.5 Å². The Bertz CT molecular complexity index is 1050. The third-order valence-electron chi connectivity index (χ3n) is 6.58. The molecule has 0 aromatic carbocycles. The lowest BCUT2D eigenvalue weighted by Gasteiger charge is -2.32. The number of hydrogen-bond donors (Lipinski definition) is 1. The van der Waals surface area contributed by atoms with E-state index in [9.17, 15) is 13.2 Å². The second-order valence-corrected chi connectivity index (χ2v) is 11.9. The summed E-state index contributed by atoms with van der Waals surface area (Å²) < 4.78 is 33.9. The van der Waals surface area contributed by atoms with Crippen LogP contribution in [0.3, 0.4) is 0 Å². The zero-order chi connectivity index (χ0) is 23.3. The van der Waals surface area contributed by atoms with Gasteiger partial charge in [-0.2, -0.15) is 4.31 Å². The Labute approximate surface area is 200 Å². The van der Waals surface area contributed by atoms with Gasteiger partial charge < -0.3 is 9.84 Å². The van der Waals surface area contributed by atoms with Gasteiger partial charge in [-0.05, 0) is 56.2 Å². The highest BCUT2D eigenvalue weighted by Crippen LogP contribution is 2.30. The molecule has 0 bridgehead atoms. The SMILES string of the molecule is Cc1noc(/C=C/c2cccs2)c1S(=O)(=O)N1CCCC(C(=O)NC2CCCCCCC2)C1. The van der Waals surface area contributed by atoms with E-state index in [0.717, 1.165) is 30.6 Å². The summed E-state index contributed by atoms with van der Waals surface area (Å²) in [6.45, 7) is 2.23. The Morgan fingerprint density at radius 3 is 2.64 bits per heavy atom. The second kappa shape index (κ2) is 11.0. The molecule has 180 valence electrons. The average molecular weight is 492 g/mol. The van der Waals surface area contributed by atoms with Gasteiger partial charge in [0.25, 0.3) is 0 Å². The first kappa shape index (κ1) is 24.2. The Morgan fingerprint density at radius 1 is 1.15 bits per heavy atom. The molecule has 9 heteroatoms. The normalized spacial score (nSPS) is 21.7. The summed E-state index contributed by atoms with van der Waals surface area (Å²) in [6.07, 6.45) is 12.9. The van der Waals surface area contributed by atoms with Crippen molar-refractivity contribution in [1.82, 2.24) is 14.8 Å². The summed E-state index contributed by atoms with van der Waals surface area (Å²) in [7, 11) is -3.83. The summed E-state index contributed by atoms with van der Waals surface area (Å²) in [4.78, 5) is 14.1. The molecular weight excluding hydrogens is 458 g/mol. The lowest BCUT2D eigenvalue weighted by molar-refractivity contribution is -0.126. The molecule has 1 amide bonds. The monoisotopic (exact) mass is 491 g/mol. The number of nitrogens with one attached hydrogen (secondary N) is 1. The highest BCUT2D eigenvalue weighted by molar-refractivity contribution is 7.89. The Morgan fingerprint density at radius 2 is 1.91 bits per heavy atom. The molecule has 1 saturated heterocycles. The van der Waals surface area contributed by atoms with Crippen LogP contribution in [0.5, 0.6) is 0 Å². The first-order chi connectivity index (χ1) is 15.9. The molecular formula is C24H33N3O4S2. The van der Waals surface area contributed by atoms with Gasteiger partial charge in [0.05, 0.1) is 5.92 Å². The number of amides is 1. The maximum Gasteiger partial charge on any atom is 0.248 e. The fraction of sp³-hybridized carbons (Fsp3) is 0.583. The van der Waals surface area contributed by atoms with Crippen molar-refractivity contribution in [2.75, 3.05) is 13.1 Å². The molecule has 2 aromatic heterocycles. The zero-order valence-corrected chi connectivity index (χ0v) is 20.8. The number of sulfonamides is 1. The topological polar surface area (TPSA) is 92.5 Å². The van der Waals surface area contributed by atoms with Crippen molar-refractivity contribution in [3.8, 4) is 0 Å².